The number of nitrogens with zero attached hydrogens (tertiary/aromatic N) is 2. The van der Waals surface area contributed by atoms with Gasteiger partial charge in [0.1, 0.15) is 0 Å². The van der Waals surface area contributed by atoms with Crippen molar-refractivity contribution in [2.45, 2.75) is 26.2 Å². The average Bonchev–Trinajstić information content (AvgIpc) is 2.73. The number of unbranched alkanes of at least 4 members (excludes halogenated alkanes) is 2. The van der Waals surface area contributed by atoms with Crippen LogP contribution in [0.2, 0.25) is 0 Å². The van der Waals surface area contributed by atoms with Crippen LogP contribution in [0.1, 0.15) is 26.2 Å². The second kappa shape index (κ2) is 4.87. The predicted octanol–water partition coefficient (Wildman–Crippen LogP) is 2.40. The van der Waals surface area contributed by atoms with Gasteiger partial charge in [-0.3, -0.25) is 0 Å². The second-order valence-corrected chi connectivity index (χ2v) is 5.99. The van der Waals surface area contributed by atoms with Crippen molar-refractivity contribution in [3.8, 4) is 0 Å². The number of benzene rings is 1. The van der Waals surface area contributed by atoms with Crippen LogP contribution in [-0.4, -0.2) is 23.4 Å². The van der Waals surface area contributed by atoms with E-state index in [1.165, 1.54) is 0 Å². The number of hydrogen-bond acceptors (Lipinski definition) is 3. The fraction of sp³-hybridized carbons (Fsp3) is 0.417. The minimum absolute atomic E-state index is 0.159. The van der Waals surface area contributed by atoms with Crippen LogP contribution in [-0.2, 0) is 10.0 Å². The molecule has 0 aliphatic rings. The zero-order chi connectivity index (χ0) is 12.3. The fourth-order valence-corrected chi connectivity index (χ4v) is 3.19. The molecule has 0 unspecified atom stereocenters. The summed E-state index contributed by atoms with van der Waals surface area (Å²) in [6.45, 7) is 2.05. The highest BCUT2D eigenvalue weighted by molar-refractivity contribution is 7.89. The normalized spacial score (nSPS) is 12.1. The van der Waals surface area contributed by atoms with Gasteiger partial charge in [-0.2, -0.15) is 9.19 Å². The molecule has 4 nitrogen and oxygen atoms in total. The van der Waals surface area contributed by atoms with E-state index in [-0.39, 0.29) is 5.75 Å². The lowest BCUT2D eigenvalue weighted by atomic mass is 10.3. The summed E-state index contributed by atoms with van der Waals surface area (Å²) in [5.41, 5.74) is 0.656. The fourth-order valence-electron chi connectivity index (χ4n) is 1.79. The Bertz CT molecular complexity index is 602. The molecule has 0 fully saturated rings. The van der Waals surface area contributed by atoms with Crippen molar-refractivity contribution in [2.75, 3.05) is 5.75 Å². The molecule has 0 spiro atoms. The topological polar surface area (TPSA) is 52.0 Å². The van der Waals surface area contributed by atoms with Gasteiger partial charge in [0, 0.05) is 5.39 Å². The molecule has 0 saturated heterocycles. The van der Waals surface area contributed by atoms with Gasteiger partial charge in [0.25, 0.3) is 10.0 Å². The van der Waals surface area contributed by atoms with E-state index < -0.39 is 10.0 Å². The van der Waals surface area contributed by atoms with Gasteiger partial charge in [-0.1, -0.05) is 38.0 Å². The number of rotatable bonds is 5. The Morgan fingerprint density at radius 1 is 1.24 bits per heavy atom. The molecule has 0 amide bonds. The van der Waals surface area contributed by atoms with Crippen molar-refractivity contribution in [3.05, 3.63) is 30.5 Å². The first-order valence-electron chi connectivity index (χ1n) is 5.81. The maximum Gasteiger partial charge on any atom is 0.254 e. The third kappa shape index (κ3) is 2.49. The lowest BCUT2D eigenvalue weighted by Gasteiger charge is -2.04. The van der Waals surface area contributed by atoms with Crippen LogP contribution >= 0.6 is 0 Å². The quantitative estimate of drug-likeness (QED) is 0.768. The number of para-hydroxylation sites is 1. The summed E-state index contributed by atoms with van der Waals surface area (Å²) in [4.78, 5) is 0. The van der Waals surface area contributed by atoms with Gasteiger partial charge in [-0.05, 0) is 12.5 Å². The van der Waals surface area contributed by atoms with E-state index >= 15 is 0 Å². The van der Waals surface area contributed by atoms with Gasteiger partial charge in [0.2, 0.25) is 0 Å². The Morgan fingerprint density at radius 2 is 2.00 bits per heavy atom. The minimum Gasteiger partial charge on any atom is -0.205 e. The van der Waals surface area contributed by atoms with E-state index in [0.29, 0.717) is 11.9 Å². The summed E-state index contributed by atoms with van der Waals surface area (Å²) in [5, 5.41) is 4.83. The van der Waals surface area contributed by atoms with Gasteiger partial charge < -0.3 is 0 Å². The molecule has 1 aromatic heterocycles. The second-order valence-electron chi connectivity index (χ2n) is 4.07. The predicted molar refractivity (Wildman–Crippen MR) is 68.4 cm³/mol. The minimum atomic E-state index is -3.31. The van der Waals surface area contributed by atoms with Gasteiger partial charge >= 0.3 is 0 Å². The molecule has 0 N–H and O–H groups in total. The Hall–Kier alpha value is -1.36. The summed E-state index contributed by atoms with van der Waals surface area (Å²) in [6, 6.07) is 7.33. The molecule has 92 valence electrons. The molecule has 17 heavy (non-hydrogen) atoms. The maximum absolute atomic E-state index is 12.1. The summed E-state index contributed by atoms with van der Waals surface area (Å²) >= 11 is 0. The molecule has 5 heteroatoms. The first kappa shape index (κ1) is 12.1. The molecular formula is C12H16N2O2S. The molecule has 2 rings (SSSR count). The average molecular weight is 252 g/mol. The van der Waals surface area contributed by atoms with Gasteiger partial charge in [-0.15, -0.1) is 0 Å². The molecule has 0 bridgehead atoms. The third-order valence-corrected chi connectivity index (χ3v) is 4.34. The van der Waals surface area contributed by atoms with E-state index in [1.807, 2.05) is 18.2 Å². The van der Waals surface area contributed by atoms with Crippen LogP contribution in [0, 0.1) is 0 Å². The van der Waals surface area contributed by atoms with Crippen molar-refractivity contribution in [2.24, 2.45) is 0 Å². The number of fused-ring (bicyclic) bond motifs is 1. The molecule has 2 aromatic rings. The molecule has 0 saturated carbocycles. The van der Waals surface area contributed by atoms with Crippen LogP contribution in [0.15, 0.2) is 30.5 Å². The lowest BCUT2D eigenvalue weighted by Crippen LogP contribution is -2.17. The van der Waals surface area contributed by atoms with Crippen molar-refractivity contribution < 1.29 is 8.42 Å². The van der Waals surface area contributed by atoms with Gasteiger partial charge in [0.05, 0.1) is 17.5 Å². The largest absolute Gasteiger partial charge is 0.254 e. The van der Waals surface area contributed by atoms with Gasteiger partial charge in [0.15, 0.2) is 0 Å². The molecule has 0 atom stereocenters. The highest BCUT2D eigenvalue weighted by atomic mass is 32.2. The first-order valence-corrected chi connectivity index (χ1v) is 7.42. The van der Waals surface area contributed by atoms with Crippen molar-refractivity contribution in [1.29, 1.82) is 0 Å². The van der Waals surface area contributed by atoms with Crippen molar-refractivity contribution in [3.63, 3.8) is 0 Å². The molecule has 0 aliphatic carbocycles. The van der Waals surface area contributed by atoms with Crippen LogP contribution in [0.4, 0.5) is 0 Å². The Labute approximate surface area is 101 Å². The van der Waals surface area contributed by atoms with Crippen LogP contribution in [0.3, 0.4) is 0 Å². The molecule has 1 heterocycles. The highest BCUT2D eigenvalue weighted by Gasteiger charge is 2.16. The van der Waals surface area contributed by atoms with Crippen LogP contribution in [0.25, 0.3) is 10.9 Å². The molecular weight excluding hydrogens is 236 g/mol. The Morgan fingerprint density at radius 3 is 2.76 bits per heavy atom. The van der Waals surface area contributed by atoms with Crippen LogP contribution < -0.4 is 0 Å². The summed E-state index contributed by atoms with van der Waals surface area (Å²) in [5.74, 6) is 0.159. The number of aromatic nitrogens is 2. The summed E-state index contributed by atoms with van der Waals surface area (Å²) in [6.07, 6.45) is 4.22. The molecule has 0 radical (unpaired) electrons. The van der Waals surface area contributed by atoms with E-state index in [2.05, 4.69) is 12.0 Å². The van der Waals surface area contributed by atoms with Crippen molar-refractivity contribution >= 4 is 20.9 Å². The highest BCUT2D eigenvalue weighted by Crippen LogP contribution is 2.15. The van der Waals surface area contributed by atoms with E-state index in [9.17, 15) is 8.42 Å². The van der Waals surface area contributed by atoms with E-state index in [0.717, 1.165) is 22.3 Å². The first-order chi connectivity index (χ1) is 8.15. The van der Waals surface area contributed by atoms with E-state index in [4.69, 9.17) is 0 Å². The van der Waals surface area contributed by atoms with E-state index in [1.54, 1.807) is 12.3 Å². The number of hydrogen-bond donors (Lipinski definition) is 0. The molecule has 1 aromatic carbocycles. The smallest absolute Gasteiger partial charge is 0.205 e. The zero-order valence-corrected chi connectivity index (χ0v) is 10.7. The maximum atomic E-state index is 12.1. The third-order valence-electron chi connectivity index (χ3n) is 2.71. The lowest BCUT2D eigenvalue weighted by molar-refractivity contribution is 0.577. The SMILES string of the molecule is CCCCCS(=O)(=O)n1ncc2ccccc21. The van der Waals surface area contributed by atoms with Crippen LogP contribution in [0.5, 0.6) is 0 Å². The Kier molecular flexibility index (Phi) is 3.47. The Balaban J connectivity index is 2.33. The standard InChI is InChI=1S/C12H16N2O2S/c1-2-3-6-9-17(15,16)14-12-8-5-4-7-11(12)10-13-14/h4-5,7-8,10H,2-3,6,9H2,1H3. The monoisotopic (exact) mass is 252 g/mol. The summed E-state index contributed by atoms with van der Waals surface area (Å²) < 4.78 is 25.3. The van der Waals surface area contributed by atoms with Crippen molar-refractivity contribution in [1.82, 2.24) is 9.19 Å². The summed E-state index contributed by atoms with van der Waals surface area (Å²) in [7, 11) is -3.31. The van der Waals surface area contributed by atoms with Gasteiger partial charge in [-0.25, -0.2) is 8.42 Å². The molecule has 0 aliphatic heterocycles. The zero-order valence-electron chi connectivity index (χ0n) is 9.83.